The monoisotopic (exact) mass is 300 g/mol. The Morgan fingerprint density at radius 2 is 1.80 bits per heavy atom. The highest BCUT2D eigenvalue weighted by molar-refractivity contribution is 7.53. The molecule has 0 saturated heterocycles. The second kappa shape index (κ2) is 7.58. The molecule has 0 heterocycles. The van der Waals surface area contributed by atoms with Gasteiger partial charge in [0.25, 0.3) is 0 Å². The maximum atomic E-state index is 12.4. The number of benzene rings is 1. The van der Waals surface area contributed by atoms with Crippen molar-refractivity contribution in [3.63, 3.8) is 0 Å². The van der Waals surface area contributed by atoms with E-state index in [1.165, 1.54) is 0 Å². The summed E-state index contributed by atoms with van der Waals surface area (Å²) in [5.74, 6) is -0.953. The maximum absolute atomic E-state index is 12.4. The summed E-state index contributed by atoms with van der Waals surface area (Å²) in [4.78, 5) is 11.1. The lowest BCUT2D eigenvalue weighted by atomic mass is 10.0. The first-order chi connectivity index (χ1) is 9.45. The summed E-state index contributed by atoms with van der Waals surface area (Å²) in [6, 6.07) is 4.96. The zero-order valence-electron chi connectivity index (χ0n) is 12.1. The van der Waals surface area contributed by atoms with Gasteiger partial charge in [-0.1, -0.05) is 19.1 Å². The quantitative estimate of drug-likeness (QED) is 0.741. The van der Waals surface area contributed by atoms with E-state index in [2.05, 4.69) is 0 Å². The first kappa shape index (κ1) is 16.9. The minimum atomic E-state index is -3.16. The highest BCUT2D eigenvalue weighted by atomic mass is 31.2. The molecule has 1 N–H and O–H groups in total. The van der Waals surface area contributed by atoms with Crippen LogP contribution in [0.3, 0.4) is 0 Å². The number of hydrogen-bond donors (Lipinski definition) is 1. The molecule has 1 aromatic rings. The third-order valence-corrected chi connectivity index (χ3v) is 4.86. The minimum absolute atomic E-state index is 0.154. The van der Waals surface area contributed by atoms with Gasteiger partial charge in [-0.3, -0.25) is 4.57 Å². The second-order valence-electron chi connectivity index (χ2n) is 4.25. The Morgan fingerprint density at radius 3 is 2.25 bits per heavy atom. The summed E-state index contributed by atoms with van der Waals surface area (Å²) in [5, 5.41) is 9.08. The van der Waals surface area contributed by atoms with Crippen LogP contribution in [0.5, 0.6) is 0 Å². The Balaban J connectivity index is 3.02. The number of carboxylic acid groups (broad SMARTS) is 1. The fourth-order valence-electron chi connectivity index (χ4n) is 1.99. The van der Waals surface area contributed by atoms with Crippen LogP contribution in [0.15, 0.2) is 18.2 Å². The normalized spacial score (nSPS) is 11.6. The van der Waals surface area contributed by atoms with Crippen LogP contribution in [0.25, 0.3) is 0 Å². The van der Waals surface area contributed by atoms with Crippen molar-refractivity contribution >= 4 is 13.6 Å². The van der Waals surface area contributed by atoms with Crippen LogP contribution in [0, 0.1) is 0 Å². The molecular formula is C14H21O5P. The van der Waals surface area contributed by atoms with E-state index in [0.717, 1.165) is 11.1 Å². The van der Waals surface area contributed by atoms with E-state index >= 15 is 0 Å². The Bertz CT molecular complexity index is 502. The molecule has 0 saturated carbocycles. The summed E-state index contributed by atoms with van der Waals surface area (Å²) in [5.41, 5.74) is 1.76. The Morgan fingerprint density at radius 1 is 1.20 bits per heavy atom. The summed E-state index contributed by atoms with van der Waals surface area (Å²) in [7, 11) is -3.16. The van der Waals surface area contributed by atoms with E-state index in [1.807, 2.05) is 6.92 Å². The van der Waals surface area contributed by atoms with Gasteiger partial charge >= 0.3 is 13.6 Å². The highest BCUT2D eigenvalue weighted by Crippen LogP contribution is 2.51. The van der Waals surface area contributed by atoms with Gasteiger partial charge in [-0.25, -0.2) is 4.79 Å². The van der Waals surface area contributed by atoms with Gasteiger partial charge in [0, 0.05) is 0 Å². The number of aromatic carboxylic acids is 1. The first-order valence-electron chi connectivity index (χ1n) is 6.69. The Kier molecular flexibility index (Phi) is 6.40. The third-order valence-electron chi connectivity index (χ3n) is 2.81. The van der Waals surface area contributed by atoms with E-state index in [0.29, 0.717) is 19.6 Å². The largest absolute Gasteiger partial charge is 0.478 e. The molecule has 5 nitrogen and oxygen atoms in total. The zero-order valence-corrected chi connectivity index (χ0v) is 13.0. The molecule has 0 aliphatic rings. The average Bonchev–Trinajstić information content (AvgIpc) is 2.38. The van der Waals surface area contributed by atoms with Crippen LogP contribution >= 0.6 is 7.60 Å². The van der Waals surface area contributed by atoms with Crippen LogP contribution in [-0.4, -0.2) is 24.3 Å². The smallest absolute Gasteiger partial charge is 0.335 e. The molecule has 1 rings (SSSR count). The van der Waals surface area contributed by atoms with Crippen LogP contribution in [-0.2, 0) is 26.2 Å². The molecule has 0 amide bonds. The molecule has 0 aliphatic carbocycles. The molecule has 0 aromatic heterocycles. The van der Waals surface area contributed by atoms with Crippen LogP contribution in [0.1, 0.15) is 42.3 Å². The lowest BCUT2D eigenvalue weighted by Gasteiger charge is -2.17. The van der Waals surface area contributed by atoms with Crippen molar-refractivity contribution in [2.75, 3.05) is 13.2 Å². The van der Waals surface area contributed by atoms with Gasteiger partial charge < -0.3 is 14.2 Å². The van der Waals surface area contributed by atoms with Gasteiger partial charge in [0.05, 0.1) is 24.9 Å². The fourth-order valence-corrected chi connectivity index (χ4v) is 3.68. The SMILES string of the molecule is CCOP(=O)(Cc1ccc(C(=O)O)c(CC)c1)OCC. The van der Waals surface area contributed by atoms with Crippen LogP contribution in [0.4, 0.5) is 0 Å². The van der Waals surface area contributed by atoms with Crippen molar-refractivity contribution in [1.82, 2.24) is 0 Å². The van der Waals surface area contributed by atoms with Gasteiger partial charge in [-0.2, -0.15) is 0 Å². The zero-order chi connectivity index (χ0) is 15.2. The molecule has 0 fully saturated rings. The van der Waals surface area contributed by atoms with Crippen LogP contribution < -0.4 is 0 Å². The lowest BCUT2D eigenvalue weighted by Crippen LogP contribution is -2.04. The van der Waals surface area contributed by atoms with Crippen LogP contribution in [0.2, 0.25) is 0 Å². The van der Waals surface area contributed by atoms with E-state index in [4.69, 9.17) is 14.2 Å². The molecule has 1 aromatic carbocycles. The highest BCUT2D eigenvalue weighted by Gasteiger charge is 2.24. The van der Waals surface area contributed by atoms with Crippen molar-refractivity contribution in [3.05, 3.63) is 34.9 Å². The fraction of sp³-hybridized carbons (Fsp3) is 0.500. The Labute approximate surface area is 119 Å². The van der Waals surface area contributed by atoms with Gasteiger partial charge in [0.2, 0.25) is 0 Å². The van der Waals surface area contributed by atoms with Gasteiger partial charge in [0.1, 0.15) is 0 Å². The Hall–Kier alpha value is -1.16. The van der Waals surface area contributed by atoms with Gasteiger partial charge in [-0.15, -0.1) is 0 Å². The molecule has 0 unspecified atom stereocenters. The first-order valence-corrected chi connectivity index (χ1v) is 8.41. The molecule has 0 bridgehead atoms. The third kappa shape index (κ3) is 4.44. The number of hydrogen-bond acceptors (Lipinski definition) is 4. The standard InChI is InChI=1S/C14H21O5P/c1-4-12-9-11(7-8-13(12)14(15)16)10-20(17,18-5-2)19-6-3/h7-9H,4-6,10H2,1-3H3,(H,15,16). The predicted octanol–water partition coefficient (Wildman–Crippen LogP) is 3.71. The molecule has 20 heavy (non-hydrogen) atoms. The number of aryl methyl sites for hydroxylation is 1. The van der Waals surface area contributed by atoms with Gasteiger partial charge in [0.15, 0.2) is 0 Å². The lowest BCUT2D eigenvalue weighted by molar-refractivity contribution is 0.0695. The second-order valence-corrected chi connectivity index (χ2v) is 6.31. The van der Waals surface area contributed by atoms with Crippen molar-refractivity contribution < 1.29 is 23.5 Å². The molecule has 112 valence electrons. The molecule has 0 spiro atoms. The molecule has 0 radical (unpaired) electrons. The van der Waals surface area contributed by atoms with Crippen molar-refractivity contribution in [3.8, 4) is 0 Å². The van der Waals surface area contributed by atoms with E-state index in [-0.39, 0.29) is 11.7 Å². The minimum Gasteiger partial charge on any atom is -0.478 e. The number of carboxylic acids is 1. The van der Waals surface area contributed by atoms with E-state index in [1.54, 1.807) is 32.0 Å². The predicted molar refractivity (Wildman–Crippen MR) is 77.3 cm³/mol. The van der Waals surface area contributed by atoms with Gasteiger partial charge in [-0.05, 0) is 37.5 Å². The van der Waals surface area contributed by atoms with E-state index in [9.17, 15) is 9.36 Å². The summed E-state index contributed by atoms with van der Waals surface area (Å²) >= 11 is 0. The molecule has 0 atom stereocenters. The molecule has 6 heteroatoms. The summed E-state index contributed by atoms with van der Waals surface area (Å²) in [6.07, 6.45) is 0.755. The van der Waals surface area contributed by atoms with Crippen molar-refractivity contribution in [2.45, 2.75) is 33.4 Å². The summed E-state index contributed by atoms with van der Waals surface area (Å²) < 4.78 is 22.9. The number of carbonyl (C=O) groups is 1. The van der Waals surface area contributed by atoms with Crippen molar-refractivity contribution in [2.24, 2.45) is 0 Å². The molecule has 0 aliphatic heterocycles. The van der Waals surface area contributed by atoms with Crippen molar-refractivity contribution in [1.29, 1.82) is 0 Å². The average molecular weight is 300 g/mol. The molecular weight excluding hydrogens is 279 g/mol. The van der Waals surface area contributed by atoms with E-state index < -0.39 is 13.6 Å². The topological polar surface area (TPSA) is 72.8 Å². The summed E-state index contributed by atoms with van der Waals surface area (Å²) in [6.45, 7) is 6.03. The number of rotatable bonds is 8. The maximum Gasteiger partial charge on any atom is 0.335 e.